The van der Waals surface area contributed by atoms with Crippen LogP contribution in [0.25, 0.3) is 0 Å². The van der Waals surface area contributed by atoms with Crippen LogP contribution in [-0.4, -0.2) is 19.1 Å². The second-order valence-electron chi connectivity index (χ2n) is 4.31. The van der Waals surface area contributed by atoms with Gasteiger partial charge in [0.25, 0.3) is 0 Å². The van der Waals surface area contributed by atoms with Crippen molar-refractivity contribution in [3.05, 3.63) is 10.4 Å². The number of nitrogens with one attached hydrogen (secondary N) is 1. The number of carbonyl (C=O) groups is 1. The molecule has 0 amide bonds. The van der Waals surface area contributed by atoms with Gasteiger partial charge in [0.05, 0.1) is 12.8 Å². The fraction of sp³-hybridized carbons (Fsp3) is 0.500. The Hall–Kier alpha value is -1.74. The van der Waals surface area contributed by atoms with E-state index in [2.05, 4.69) is 17.0 Å². The highest BCUT2D eigenvalue weighted by atomic mass is 32.1. The van der Waals surface area contributed by atoms with Gasteiger partial charge >= 0.3 is 5.97 Å². The molecule has 1 heterocycles. The molecule has 2 rings (SSSR count). The van der Waals surface area contributed by atoms with E-state index in [1.54, 1.807) is 0 Å². The maximum atomic E-state index is 11.5. The van der Waals surface area contributed by atoms with Crippen LogP contribution >= 0.6 is 11.3 Å². The number of anilines is 2. The van der Waals surface area contributed by atoms with Crippen molar-refractivity contribution in [2.45, 2.75) is 25.8 Å². The van der Waals surface area contributed by atoms with Crippen molar-refractivity contribution in [1.29, 1.82) is 5.26 Å². The highest BCUT2D eigenvalue weighted by Crippen LogP contribution is 2.41. The molecule has 1 fully saturated rings. The first-order valence-corrected chi connectivity index (χ1v) is 6.61. The van der Waals surface area contributed by atoms with Crippen molar-refractivity contribution in [2.24, 2.45) is 5.92 Å². The molecule has 1 aromatic rings. The molecule has 0 bridgehead atoms. The number of hydrogen-bond acceptors (Lipinski definition) is 6. The van der Waals surface area contributed by atoms with Crippen molar-refractivity contribution >= 4 is 28.0 Å². The highest BCUT2D eigenvalue weighted by molar-refractivity contribution is 7.18. The monoisotopic (exact) mass is 265 g/mol. The summed E-state index contributed by atoms with van der Waals surface area (Å²) in [4.78, 5) is 11.8. The number of nitrogen functional groups attached to an aromatic ring is 1. The number of carbonyl (C=O) groups excluding carboxylic acids is 1. The van der Waals surface area contributed by atoms with Crippen LogP contribution < -0.4 is 11.1 Å². The lowest BCUT2D eigenvalue weighted by Gasteiger charge is -2.02. The van der Waals surface area contributed by atoms with Gasteiger partial charge in [-0.1, -0.05) is 13.3 Å². The highest BCUT2D eigenvalue weighted by Gasteiger charge is 2.36. The number of rotatable bonds is 4. The van der Waals surface area contributed by atoms with Crippen molar-refractivity contribution in [3.63, 3.8) is 0 Å². The van der Waals surface area contributed by atoms with Gasteiger partial charge in [-0.05, 0) is 12.3 Å². The first-order valence-electron chi connectivity index (χ1n) is 5.79. The zero-order valence-corrected chi connectivity index (χ0v) is 11.1. The normalized spacial score (nSPS) is 21.2. The molecule has 18 heavy (non-hydrogen) atoms. The van der Waals surface area contributed by atoms with E-state index in [-0.39, 0.29) is 5.69 Å². The Kier molecular flexibility index (Phi) is 3.43. The van der Waals surface area contributed by atoms with Crippen LogP contribution in [0.4, 0.5) is 10.7 Å². The minimum absolute atomic E-state index is 0.213. The minimum atomic E-state index is -0.495. The molecule has 6 heteroatoms. The molecule has 0 radical (unpaired) electrons. The third-order valence-electron chi connectivity index (χ3n) is 3.19. The molecule has 0 aromatic carbocycles. The molecule has 3 N–H and O–H groups in total. The number of hydrogen-bond donors (Lipinski definition) is 2. The Morgan fingerprint density at radius 2 is 2.44 bits per heavy atom. The fourth-order valence-corrected chi connectivity index (χ4v) is 3.00. The topological polar surface area (TPSA) is 88.1 Å². The summed E-state index contributed by atoms with van der Waals surface area (Å²) in [6, 6.07) is 2.44. The molecule has 1 saturated carbocycles. The van der Waals surface area contributed by atoms with Gasteiger partial charge in [-0.15, -0.1) is 11.3 Å². The zero-order valence-electron chi connectivity index (χ0n) is 10.3. The summed E-state index contributed by atoms with van der Waals surface area (Å²) in [5.74, 6) is 0.159. The van der Waals surface area contributed by atoms with Gasteiger partial charge < -0.3 is 15.8 Å². The van der Waals surface area contributed by atoms with E-state index >= 15 is 0 Å². The molecular weight excluding hydrogens is 250 g/mol. The van der Waals surface area contributed by atoms with Gasteiger partial charge in [-0.2, -0.15) is 5.26 Å². The van der Waals surface area contributed by atoms with E-state index in [0.717, 1.165) is 12.8 Å². The van der Waals surface area contributed by atoms with Crippen molar-refractivity contribution in [2.75, 3.05) is 18.2 Å². The lowest BCUT2D eigenvalue weighted by Crippen LogP contribution is -2.04. The summed E-state index contributed by atoms with van der Waals surface area (Å²) in [6.07, 6.45) is 2.22. The molecule has 2 unspecified atom stereocenters. The fourth-order valence-electron chi connectivity index (χ4n) is 1.94. The Labute approximate surface area is 110 Å². The quantitative estimate of drug-likeness (QED) is 0.815. The number of nitrogens with two attached hydrogens (primary N) is 1. The summed E-state index contributed by atoms with van der Waals surface area (Å²) in [6.45, 7) is 2.14. The lowest BCUT2D eigenvalue weighted by molar-refractivity contribution is 0.0607. The molecule has 1 aliphatic carbocycles. The van der Waals surface area contributed by atoms with E-state index in [0.29, 0.717) is 27.4 Å². The second-order valence-corrected chi connectivity index (χ2v) is 5.33. The molecule has 1 aliphatic rings. The smallest absolute Gasteiger partial charge is 0.350 e. The zero-order chi connectivity index (χ0) is 13.3. The Bertz CT molecular complexity index is 518. The molecule has 5 nitrogen and oxygen atoms in total. The standard InChI is InChI=1S/C12H15N3O2S/c1-3-6-4-8(6)15-11-7(5-13)9(14)10(18-11)12(16)17-2/h6,8,15H,3-4,14H2,1-2H3. The van der Waals surface area contributed by atoms with E-state index in [9.17, 15) is 4.79 Å². The molecule has 0 spiro atoms. The number of esters is 1. The number of nitrogens with zero attached hydrogens (tertiary/aromatic N) is 1. The summed E-state index contributed by atoms with van der Waals surface area (Å²) in [5.41, 5.74) is 6.36. The Balaban J connectivity index is 2.25. The second kappa shape index (κ2) is 4.86. The third-order valence-corrected chi connectivity index (χ3v) is 4.31. The van der Waals surface area contributed by atoms with Crippen LogP contribution in [0.15, 0.2) is 0 Å². The SMILES string of the molecule is CCC1CC1Nc1sc(C(=O)OC)c(N)c1C#N. The van der Waals surface area contributed by atoms with Gasteiger partial charge in [0.1, 0.15) is 21.5 Å². The van der Waals surface area contributed by atoms with Crippen molar-refractivity contribution in [3.8, 4) is 6.07 Å². The van der Waals surface area contributed by atoms with Crippen molar-refractivity contribution in [1.82, 2.24) is 0 Å². The number of thiophene rings is 1. The predicted molar refractivity (Wildman–Crippen MR) is 70.6 cm³/mol. The van der Waals surface area contributed by atoms with Gasteiger partial charge in [0.15, 0.2) is 0 Å². The number of methoxy groups -OCH3 is 1. The van der Waals surface area contributed by atoms with Crippen LogP contribution in [0.5, 0.6) is 0 Å². The largest absolute Gasteiger partial charge is 0.465 e. The van der Waals surface area contributed by atoms with Crippen LogP contribution in [0, 0.1) is 17.2 Å². The van der Waals surface area contributed by atoms with Crippen LogP contribution in [0.2, 0.25) is 0 Å². The van der Waals surface area contributed by atoms with Gasteiger partial charge in [0, 0.05) is 6.04 Å². The summed E-state index contributed by atoms with van der Waals surface area (Å²) in [5, 5.41) is 13.1. The maximum absolute atomic E-state index is 11.5. The molecular formula is C12H15N3O2S. The molecule has 96 valence electrons. The van der Waals surface area contributed by atoms with Gasteiger partial charge in [-0.25, -0.2) is 4.79 Å². The lowest BCUT2D eigenvalue weighted by atomic mass is 10.2. The van der Waals surface area contributed by atoms with Gasteiger partial charge in [0.2, 0.25) is 0 Å². The summed E-state index contributed by atoms with van der Waals surface area (Å²) < 4.78 is 4.65. The Morgan fingerprint density at radius 3 is 2.94 bits per heavy atom. The first-order chi connectivity index (χ1) is 8.62. The van der Waals surface area contributed by atoms with E-state index in [4.69, 9.17) is 11.0 Å². The van der Waals surface area contributed by atoms with Crippen LogP contribution in [-0.2, 0) is 4.74 Å². The van der Waals surface area contributed by atoms with Crippen LogP contribution in [0.3, 0.4) is 0 Å². The van der Waals surface area contributed by atoms with E-state index < -0.39 is 5.97 Å². The summed E-state index contributed by atoms with van der Waals surface area (Å²) >= 11 is 1.19. The van der Waals surface area contributed by atoms with Crippen molar-refractivity contribution < 1.29 is 9.53 Å². The number of nitriles is 1. The Morgan fingerprint density at radius 1 is 1.72 bits per heavy atom. The average molecular weight is 265 g/mol. The third kappa shape index (κ3) is 2.14. The predicted octanol–water partition coefficient (Wildman–Crippen LogP) is 2.20. The molecule has 1 aromatic heterocycles. The summed E-state index contributed by atoms with van der Waals surface area (Å²) in [7, 11) is 1.30. The maximum Gasteiger partial charge on any atom is 0.350 e. The van der Waals surface area contributed by atoms with E-state index in [1.165, 1.54) is 18.4 Å². The molecule has 2 atom stereocenters. The van der Waals surface area contributed by atoms with E-state index in [1.807, 2.05) is 6.07 Å². The van der Waals surface area contributed by atoms with Crippen LogP contribution in [0.1, 0.15) is 35.0 Å². The molecule has 0 saturated heterocycles. The minimum Gasteiger partial charge on any atom is -0.465 e. The van der Waals surface area contributed by atoms with Gasteiger partial charge in [-0.3, -0.25) is 0 Å². The first kappa shape index (κ1) is 12.7. The number of ether oxygens (including phenoxy) is 1. The molecule has 0 aliphatic heterocycles. The average Bonchev–Trinajstić information content (AvgIpc) is 3.05.